The van der Waals surface area contributed by atoms with E-state index in [9.17, 15) is 14.0 Å². The van der Waals surface area contributed by atoms with Crippen molar-refractivity contribution in [2.24, 2.45) is 17.6 Å². The van der Waals surface area contributed by atoms with Crippen LogP contribution >= 0.6 is 0 Å². The highest BCUT2D eigenvalue weighted by Crippen LogP contribution is 2.29. The molecule has 6 aliphatic heterocycles. The van der Waals surface area contributed by atoms with Crippen molar-refractivity contribution in [2.45, 2.75) is 81.3 Å². The van der Waals surface area contributed by atoms with Crippen molar-refractivity contribution < 1.29 is 18.4 Å². The Labute approximate surface area is 235 Å². The van der Waals surface area contributed by atoms with E-state index in [1.165, 1.54) is 19.3 Å². The molecule has 0 aromatic heterocycles. The van der Waals surface area contributed by atoms with Crippen molar-refractivity contribution in [2.75, 3.05) is 65.4 Å². The molecule has 6 aliphatic rings. The average molecular weight is 568 g/mol. The second-order valence-electron chi connectivity index (χ2n) is 12.7. The molecule has 8 atom stereocenters. The first-order valence-corrected chi connectivity index (χ1v) is 15.5. The quantitative estimate of drug-likeness (QED) is 0.272. The maximum atomic E-state index is 15.4. The minimum absolute atomic E-state index is 0.0191. The number of nitrogens with two attached hydrogens (primary N) is 1. The van der Waals surface area contributed by atoms with E-state index in [2.05, 4.69) is 36.1 Å². The number of hydrogen-bond acceptors (Lipinski definition) is 9. The fourth-order valence-electron chi connectivity index (χ4n) is 7.97. The third-order valence-corrected chi connectivity index (χ3v) is 10.1. The van der Waals surface area contributed by atoms with Crippen LogP contribution < -0.4 is 27.1 Å². The lowest BCUT2D eigenvalue weighted by Crippen LogP contribution is -2.67. The van der Waals surface area contributed by atoms with Gasteiger partial charge in [0, 0.05) is 51.2 Å². The Kier molecular flexibility index (Phi) is 8.88. The summed E-state index contributed by atoms with van der Waals surface area (Å²) >= 11 is 0. The van der Waals surface area contributed by atoms with Gasteiger partial charge in [0.2, 0.25) is 11.8 Å². The van der Waals surface area contributed by atoms with E-state index in [1.807, 2.05) is 0 Å². The normalized spacial score (nSPS) is 40.7. The predicted octanol–water partition coefficient (Wildman–Crippen LogP) is -1.43. The van der Waals surface area contributed by atoms with Gasteiger partial charge >= 0.3 is 0 Å². The van der Waals surface area contributed by atoms with Crippen molar-refractivity contribution in [1.82, 2.24) is 41.1 Å². The molecule has 8 unspecified atom stereocenters. The Hall–Kier alpha value is -1.48. The maximum absolute atomic E-state index is 15.4. The van der Waals surface area contributed by atoms with Crippen molar-refractivity contribution >= 4 is 11.8 Å². The van der Waals surface area contributed by atoms with Gasteiger partial charge in [-0.3, -0.25) is 24.7 Å². The van der Waals surface area contributed by atoms with E-state index in [4.69, 9.17) is 5.73 Å². The Balaban J connectivity index is 1.03. The zero-order valence-corrected chi connectivity index (χ0v) is 23.4. The number of nitrogens with one attached hydrogen (secondary N) is 4. The molecule has 13 heteroatoms. The molecule has 0 aromatic carbocycles. The second-order valence-corrected chi connectivity index (χ2v) is 12.7. The molecule has 0 radical (unpaired) electrons. The molecule has 6 rings (SSSR count). The van der Waals surface area contributed by atoms with E-state index < -0.39 is 42.7 Å². The van der Waals surface area contributed by atoms with Crippen LogP contribution in [0, 0.1) is 11.8 Å². The molecule has 0 aliphatic carbocycles. The largest absolute Gasteiger partial charge is 0.350 e. The van der Waals surface area contributed by atoms with Crippen molar-refractivity contribution in [3.05, 3.63) is 0 Å². The van der Waals surface area contributed by atoms with Crippen LogP contribution in [0.1, 0.15) is 38.5 Å². The van der Waals surface area contributed by atoms with Gasteiger partial charge in [0.25, 0.3) is 0 Å². The molecule has 0 saturated carbocycles. The van der Waals surface area contributed by atoms with Crippen molar-refractivity contribution in [3.8, 4) is 0 Å². The number of likely N-dealkylation sites (tertiary alicyclic amines) is 3. The summed E-state index contributed by atoms with van der Waals surface area (Å²) in [6.07, 6.45) is 3.10. The number of hydrogen-bond donors (Lipinski definition) is 5. The summed E-state index contributed by atoms with van der Waals surface area (Å²) in [5, 5.41) is 10.9. The second kappa shape index (κ2) is 12.4. The van der Waals surface area contributed by atoms with Crippen LogP contribution in [-0.2, 0) is 9.59 Å². The van der Waals surface area contributed by atoms with Crippen molar-refractivity contribution in [1.29, 1.82) is 0 Å². The van der Waals surface area contributed by atoms with Crippen LogP contribution in [0.4, 0.5) is 8.78 Å². The number of carbonyl (C=O) groups is 2. The SMILES string of the molecule is NC1NN2CC(F)CNC2C1C(=O)NC1CNCC(F)C1N1CCC(C(=O)N2CCC(N3CCCCC3)C2)CC1. The molecular formula is C27H47F2N9O2. The van der Waals surface area contributed by atoms with Crippen LogP contribution in [0.25, 0.3) is 0 Å². The van der Waals surface area contributed by atoms with Crippen molar-refractivity contribution in [3.63, 3.8) is 0 Å². The van der Waals surface area contributed by atoms with Crippen LogP contribution in [0.2, 0.25) is 0 Å². The first-order chi connectivity index (χ1) is 19.4. The number of fused-ring (bicyclic) bond motifs is 1. The number of nitrogens with zero attached hydrogens (tertiary/aromatic N) is 4. The summed E-state index contributed by atoms with van der Waals surface area (Å²) in [5.41, 5.74) is 9.23. The number of halogens is 2. The van der Waals surface area contributed by atoms with Gasteiger partial charge in [0.05, 0.1) is 30.3 Å². The first-order valence-electron chi connectivity index (χ1n) is 15.5. The lowest BCUT2D eigenvalue weighted by atomic mass is 9.90. The number of hydrazine groups is 1. The number of piperidine rings is 3. The van der Waals surface area contributed by atoms with E-state index in [0.29, 0.717) is 38.5 Å². The van der Waals surface area contributed by atoms with Gasteiger partial charge in [-0.05, 0) is 58.3 Å². The molecule has 6 fully saturated rings. The monoisotopic (exact) mass is 567 g/mol. The Morgan fingerprint density at radius 1 is 0.875 bits per heavy atom. The lowest BCUT2D eigenvalue weighted by Gasteiger charge is -2.45. The molecular weight excluding hydrogens is 520 g/mol. The number of rotatable bonds is 5. The summed E-state index contributed by atoms with van der Waals surface area (Å²) in [6, 6.07) is -0.396. The molecule has 6 saturated heterocycles. The topological polar surface area (TPSA) is 121 Å². The summed E-state index contributed by atoms with van der Waals surface area (Å²) in [5.74, 6) is -0.639. The minimum Gasteiger partial charge on any atom is -0.350 e. The molecule has 0 bridgehead atoms. The molecule has 0 aromatic rings. The Bertz CT molecular complexity index is 903. The zero-order valence-electron chi connectivity index (χ0n) is 23.4. The third kappa shape index (κ3) is 5.88. The average Bonchev–Trinajstić information content (AvgIpc) is 3.57. The summed E-state index contributed by atoms with van der Waals surface area (Å²) in [6.45, 7) is 6.29. The van der Waals surface area contributed by atoms with Gasteiger partial charge in [0.15, 0.2) is 0 Å². The highest BCUT2D eigenvalue weighted by Gasteiger charge is 2.49. The Morgan fingerprint density at radius 3 is 2.42 bits per heavy atom. The number of alkyl halides is 2. The minimum atomic E-state index is -1.14. The van der Waals surface area contributed by atoms with Gasteiger partial charge in [-0.25, -0.2) is 19.2 Å². The van der Waals surface area contributed by atoms with E-state index in [0.717, 1.165) is 32.6 Å². The molecule has 6 heterocycles. The molecule has 11 nitrogen and oxygen atoms in total. The first kappa shape index (κ1) is 28.6. The van der Waals surface area contributed by atoms with Crippen LogP contribution in [0.15, 0.2) is 0 Å². The zero-order chi connectivity index (χ0) is 27.8. The fourth-order valence-corrected chi connectivity index (χ4v) is 7.97. The van der Waals surface area contributed by atoms with Gasteiger partial charge in [0.1, 0.15) is 12.3 Å². The summed E-state index contributed by atoms with van der Waals surface area (Å²) in [7, 11) is 0. The lowest BCUT2D eigenvalue weighted by molar-refractivity contribution is -0.136. The van der Waals surface area contributed by atoms with E-state index >= 15 is 4.39 Å². The maximum Gasteiger partial charge on any atom is 0.229 e. The van der Waals surface area contributed by atoms with Gasteiger partial charge in [-0.15, -0.1) is 0 Å². The molecule has 40 heavy (non-hydrogen) atoms. The molecule has 226 valence electrons. The Morgan fingerprint density at radius 2 is 1.65 bits per heavy atom. The van der Waals surface area contributed by atoms with Gasteiger partial charge in [-0.1, -0.05) is 6.42 Å². The van der Waals surface area contributed by atoms with Crippen LogP contribution in [-0.4, -0.2) is 140 Å². The van der Waals surface area contributed by atoms with Crippen LogP contribution in [0.5, 0.6) is 0 Å². The fraction of sp³-hybridized carbons (Fsp3) is 0.926. The standard InChI is InChI=1S/C27H47F2N9O2/c28-18-12-32-25-22(24(30)34-38(25)15-18)26(39)33-21-14-31-13-20(29)23(21)36-9-4-17(5-10-36)27(40)37-11-6-19(16-37)35-7-2-1-3-8-35/h17-25,31-32,34H,1-16,30H2,(H,33,39). The molecule has 2 amide bonds. The predicted molar refractivity (Wildman–Crippen MR) is 146 cm³/mol. The van der Waals surface area contributed by atoms with Gasteiger partial charge < -0.3 is 21.3 Å². The van der Waals surface area contributed by atoms with Gasteiger partial charge in [-0.2, -0.15) is 0 Å². The highest BCUT2D eigenvalue weighted by atomic mass is 19.1. The molecule has 6 N–H and O–H groups in total. The highest BCUT2D eigenvalue weighted by molar-refractivity contribution is 5.81. The molecule has 0 spiro atoms. The number of amides is 2. The summed E-state index contributed by atoms with van der Waals surface area (Å²) < 4.78 is 29.2. The van der Waals surface area contributed by atoms with Crippen LogP contribution in [0.3, 0.4) is 0 Å². The third-order valence-electron chi connectivity index (χ3n) is 10.1. The van der Waals surface area contributed by atoms with E-state index in [1.54, 1.807) is 5.01 Å². The number of carbonyl (C=O) groups excluding carboxylic acids is 2. The smallest absolute Gasteiger partial charge is 0.229 e. The van der Waals surface area contributed by atoms with E-state index in [-0.39, 0.29) is 37.4 Å². The summed E-state index contributed by atoms with van der Waals surface area (Å²) in [4.78, 5) is 33.6.